The van der Waals surface area contributed by atoms with Crippen LogP contribution >= 0.6 is 0 Å². The van der Waals surface area contributed by atoms with Crippen molar-refractivity contribution in [3.8, 4) is 11.6 Å². The number of hydrogen-bond donors (Lipinski definition) is 0. The largest absolute Gasteiger partial charge is 0.461 e. The third kappa shape index (κ3) is 2.15. The van der Waals surface area contributed by atoms with Crippen molar-refractivity contribution in [3.05, 3.63) is 54.3 Å². The molecule has 2 heterocycles. The van der Waals surface area contributed by atoms with Crippen molar-refractivity contribution in [2.75, 3.05) is 0 Å². The van der Waals surface area contributed by atoms with Gasteiger partial charge in [-0.05, 0) is 34.5 Å². The summed E-state index contributed by atoms with van der Waals surface area (Å²) in [5.74, 6) is 1.35. The molecule has 2 aromatic heterocycles. The maximum Gasteiger partial charge on any atom is 0.217 e. The zero-order valence-corrected chi connectivity index (χ0v) is 9.73. The standard InChI is InChI=1S/C13H12N4O/c1-2-5-11(6-3-1)8-9-17-13(14-15-16-17)12-7-4-10-18-12/h1-7,10H,8-9H2. The van der Waals surface area contributed by atoms with E-state index in [9.17, 15) is 0 Å². The van der Waals surface area contributed by atoms with Crippen molar-refractivity contribution in [1.29, 1.82) is 0 Å². The Balaban J connectivity index is 1.76. The average Bonchev–Trinajstić information content (AvgIpc) is 3.08. The summed E-state index contributed by atoms with van der Waals surface area (Å²) in [6.07, 6.45) is 2.51. The van der Waals surface area contributed by atoms with Gasteiger partial charge in [-0.15, -0.1) is 5.10 Å². The lowest BCUT2D eigenvalue weighted by Crippen LogP contribution is -2.05. The molecule has 0 bridgehead atoms. The van der Waals surface area contributed by atoms with E-state index in [-0.39, 0.29) is 0 Å². The van der Waals surface area contributed by atoms with Crippen LogP contribution < -0.4 is 0 Å². The van der Waals surface area contributed by atoms with E-state index in [2.05, 4.69) is 27.7 Å². The van der Waals surface area contributed by atoms with Crippen molar-refractivity contribution < 1.29 is 4.42 Å². The van der Waals surface area contributed by atoms with Gasteiger partial charge in [0, 0.05) is 6.54 Å². The Labute approximate surface area is 104 Å². The van der Waals surface area contributed by atoms with Gasteiger partial charge in [0.2, 0.25) is 5.82 Å². The summed E-state index contributed by atoms with van der Waals surface area (Å²) in [7, 11) is 0. The van der Waals surface area contributed by atoms with Crippen molar-refractivity contribution >= 4 is 0 Å². The molecule has 0 atom stereocenters. The van der Waals surface area contributed by atoms with E-state index in [1.54, 1.807) is 10.9 Å². The van der Waals surface area contributed by atoms with E-state index < -0.39 is 0 Å². The average molecular weight is 240 g/mol. The van der Waals surface area contributed by atoms with E-state index in [1.807, 2.05) is 30.3 Å². The number of aryl methyl sites for hydroxylation is 2. The summed E-state index contributed by atoms with van der Waals surface area (Å²) in [6, 6.07) is 13.9. The van der Waals surface area contributed by atoms with Gasteiger partial charge < -0.3 is 4.42 Å². The first-order chi connectivity index (χ1) is 8.93. The second kappa shape index (κ2) is 4.83. The van der Waals surface area contributed by atoms with E-state index in [1.165, 1.54) is 5.56 Å². The molecule has 3 rings (SSSR count). The van der Waals surface area contributed by atoms with Gasteiger partial charge in [-0.1, -0.05) is 30.3 Å². The molecule has 3 aromatic rings. The van der Waals surface area contributed by atoms with Gasteiger partial charge in [0.1, 0.15) is 0 Å². The lowest BCUT2D eigenvalue weighted by molar-refractivity contribution is 0.551. The highest BCUT2D eigenvalue weighted by Gasteiger charge is 2.10. The molecule has 0 radical (unpaired) electrons. The minimum Gasteiger partial charge on any atom is -0.461 e. The maximum atomic E-state index is 5.31. The number of tetrazole rings is 1. The summed E-state index contributed by atoms with van der Waals surface area (Å²) < 4.78 is 7.06. The molecule has 18 heavy (non-hydrogen) atoms. The van der Waals surface area contributed by atoms with Crippen molar-refractivity contribution in [3.63, 3.8) is 0 Å². The van der Waals surface area contributed by atoms with Crippen molar-refractivity contribution in [2.24, 2.45) is 0 Å². The zero-order valence-electron chi connectivity index (χ0n) is 9.73. The second-order valence-electron chi connectivity index (χ2n) is 3.94. The van der Waals surface area contributed by atoms with E-state index in [0.29, 0.717) is 11.6 Å². The first kappa shape index (κ1) is 10.7. The second-order valence-corrected chi connectivity index (χ2v) is 3.94. The fourth-order valence-electron chi connectivity index (χ4n) is 1.82. The lowest BCUT2D eigenvalue weighted by Gasteiger charge is -2.02. The first-order valence-electron chi connectivity index (χ1n) is 5.77. The Bertz CT molecular complexity index is 601. The number of furan rings is 1. The topological polar surface area (TPSA) is 56.7 Å². The third-order valence-corrected chi connectivity index (χ3v) is 2.73. The van der Waals surface area contributed by atoms with Gasteiger partial charge >= 0.3 is 0 Å². The van der Waals surface area contributed by atoms with Crippen LogP contribution in [0, 0.1) is 0 Å². The van der Waals surface area contributed by atoms with Gasteiger partial charge in [-0.25, -0.2) is 4.68 Å². The molecule has 0 amide bonds. The highest BCUT2D eigenvalue weighted by atomic mass is 16.3. The van der Waals surface area contributed by atoms with Crippen LogP contribution in [-0.2, 0) is 13.0 Å². The van der Waals surface area contributed by atoms with Crippen LogP contribution in [0.25, 0.3) is 11.6 Å². The molecule has 0 aliphatic heterocycles. The summed E-state index contributed by atoms with van der Waals surface area (Å²) in [6.45, 7) is 0.729. The molecular formula is C13H12N4O. The van der Waals surface area contributed by atoms with Gasteiger partial charge in [0.05, 0.1) is 6.26 Å². The Morgan fingerprint density at radius 2 is 1.94 bits per heavy atom. The first-order valence-corrected chi connectivity index (χ1v) is 5.77. The SMILES string of the molecule is c1ccc(CCn2nnnc2-c2ccco2)cc1. The van der Waals surface area contributed by atoms with Gasteiger partial charge in [-0.2, -0.15) is 0 Å². The van der Waals surface area contributed by atoms with Gasteiger partial charge in [0.15, 0.2) is 5.76 Å². The minimum absolute atomic E-state index is 0.663. The van der Waals surface area contributed by atoms with Crippen LogP contribution in [0.1, 0.15) is 5.56 Å². The predicted molar refractivity (Wildman–Crippen MR) is 65.7 cm³/mol. The molecule has 0 saturated carbocycles. The molecular weight excluding hydrogens is 228 g/mol. The summed E-state index contributed by atoms with van der Waals surface area (Å²) in [4.78, 5) is 0. The zero-order chi connectivity index (χ0) is 12.2. The summed E-state index contributed by atoms with van der Waals surface area (Å²) in [5.41, 5.74) is 1.26. The van der Waals surface area contributed by atoms with Crippen LogP contribution in [0.2, 0.25) is 0 Å². The normalized spacial score (nSPS) is 10.7. The third-order valence-electron chi connectivity index (χ3n) is 2.73. The van der Waals surface area contributed by atoms with Crippen LogP contribution in [0.5, 0.6) is 0 Å². The monoisotopic (exact) mass is 240 g/mol. The number of hydrogen-bond acceptors (Lipinski definition) is 4. The van der Waals surface area contributed by atoms with Crippen LogP contribution in [0.15, 0.2) is 53.1 Å². The molecule has 1 aromatic carbocycles. The number of benzene rings is 1. The van der Waals surface area contributed by atoms with Crippen LogP contribution in [0.4, 0.5) is 0 Å². The van der Waals surface area contributed by atoms with Crippen LogP contribution in [-0.4, -0.2) is 20.2 Å². The highest BCUT2D eigenvalue weighted by Crippen LogP contribution is 2.16. The lowest BCUT2D eigenvalue weighted by atomic mass is 10.1. The molecule has 0 saturated heterocycles. The fourth-order valence-corrected chi connectivity index (χ4v) is 1.82. The molecule has 0 fully saturated rings. The molecule has 0 unspecified atom stereocenters. The Morgan fingerprint density at radius 1 is 1.06 bits per heavy atom. The molecule has 0 N–H and O–H groups in total. The molecule has 0 spiro atoms. The summed E-state index contributed by atoms with van der Waals surface area (Å²) in [5, 5.41) is 11.7. The van der Waals surface area contributed by atoms with E-state index in [4.69, 9.17) is 4.42 Å². The number of nitrogens with zero attached hydrogens (tertiary/aromatic N) is 4. The smallest absolute Gasteiger partial charge is 0.217 e. The molecule has 5 nitrogen and oxygen atoms in total. The van der Waals surface area contributed by atoms with E-state index >= 15 is 0 Å². The predicted octanol–water partition coefficient (Wildman–Crippen LogP) is 2.18. The quantitative estimate of drug-likeness (QED) is 0.701. The molecule has 90 valence electrons. The van der Waals surface area contributed by atoms with E-state index in [0.717, 1.165) is 13.0 Å². The molecule has 5 heteroatoms. The van der Waals surface area contributed by atoms with Gasteiger partial charge in [-0.3, -0.25) is 0 Å². The number of aromatic nitrogens is 4. The minimum atomic E-state index is 0.663. The van der Waals surface area contributed by atoms with Crippen molar-refractivity contribution in [2.45, 2.75) is 13.0 Å². The Kier molecular flexibility index (Phi) is 2.87. The Morgan fingerprint density at radius 3 is 2.72 bits per heavy atom. The molecule has 0 aliphatic rings. The highest BCUT2D eigenvalue weighted by molar-refractivity contribution is 5.45. The maximum absolute atomic E-state index is 5.31. The van der Waals surface area contributed by atoms with Gasteiger partial charge in [0.25, 0.3) is 0 Å². The van der Waals surface area contributed by atoms with Crippen molar-refractivity contribution in [1.82, 2.24) is 20.2 Å². The van der Waals surface area contributed by atoms with Crippen LogP contribution in [0.3, 0.4) is 0 Å². The number of rotatable bonds is 4. The summed E-state index contributed by atoms with van der Waals surface area (Å²) >= 11 is 0. The Hall–Kier alpha value is -2.43. The fraction of sp³-hybridized carbons (Fsp3) is 0.154. The molecule has 0 aliphatic carbocycles.